The number of halogens is 1. The summed E-state index contributed by atoms with van der Waals surface area (Å²) in [5.41, 5.74) is 2.91. The minimum atomic E-state index is -0.533. The molecule has 0 N–H and O–H groups in total. The fourth-order valence-electron chi connectivity index (χ4n) is 4.26. The summed E-state index contributed by atoms with van der Waals surface area (Å²) in [6.45, 7) is 9.51. The van der Waals surface area contributed by atoms with Crippen molar-refractivity contribution in [1.82, 2.24) is 18.9 Å². The maximum Gasteiger partial charge on any atom is 0.410 e. The third kappa shape index (κ3) is 5.78. The SMILES string of the molecule is CCCCCn1c(C2=CCN(C(=O)OC(C)(C)C)CC2)cc(=O)n2cc(-c3ccc(Cl)cc3)nc12. The number of hydrogen-bond acceptors (Lipinski definition) is 4. The number of rotatable bonds is 6. The van der Waals surface area contributed by atoms with Gasteiger partial charge in [0.15, 0.2) is 0 Å². The molecule has 0 spiro atoms. The standard InChI is InChI=1S/C27H33ClN4O3/c1-5-6-7-14-31-23(20-12-15-30(16-13-20)26(34)35-27(2,3)4)17-24(33)32-18-22(29-25(31)32)19-8-10-21(28)11-9-19/h8-12,17-18H,5-7,13-16H2,1-4H3. The number of hydrogen-bond donors (Lipinski definition) is 0. The molecule has 1 aliphatic heterocycles. The minimum absolute atomic E-state index is 0.120. The first kappa shape index (κ1) is 25.0. The zero-order chi connectivity index (χ0) is 25.2. The molecule has 0 saturated carbocycles. The number of imidazole rings is 1. The summed E-state index contributed by atoms with van der Waals surface area (Å²) in [4.78, 5) is 32.2. The second-order valence-electron chi connectivity index (χ2n) is 9.94. The van der Waals surface area contributed by atoms with E-state index in [4.69, 9.17) is 21.3 Å². The van der Waals surface area contributed by atoms with Gasteiger partial charge in [-0.2, -0.15) is 0 Å². The highest BCUT2D eigenvalue weighted by atomic mass is 35.5. The molecule has 0 fully saturated rings. The molecule has 3 aromatic rings. The van der Waals surface area contributed by atoms with Crippen LogP contribution in [0.15, 0.2) is 47.4 Å². The predicted molar refractivity (Wildman–Crippen MR) is 140 cm³/mol. The molecule has 0 aliphatic carbocycles. The van der Waals surface area contributed by atoms with Gasteiger partial charge in [-0.1, -0.05) is 49.6 Å². The van der Waals surface area contributed by atoms with E-state index >= 15 is 0 Å². The lowest BCUT2D eigenvalue weighted by atomic mass is 10.0. The summed E-state index contributed by atoms with van der Waals surface area (Å²) in [6.07, 6.45) is 7.33. The third-order valence-electron chi connectivity index (χ3n) is 6.03. The Morgan fingerprint density at radius 1 is 1.17 bits per heavy atom. The van der Waals surface area contributed by atoms with Gasteiger partial charge in [0.2, 0.25) is 5.78 Å². The maximum atomic E-state index is 13.1. The summed E-state index contributed by atoms with van der Waals surface area (Å²) in [7, 11) is 0. The van der Waals surface area contributed by atoms with Crippen LogP contribution >= 0.6 is 11.6 Å². The zero-order valence-corrected chi connectivity index (χ0v) is 21.6. The number of benzene rings is 1. The number of carbonyl (C=O) groups is 1. The molecule has 4 rings (SSSR count). The molecule has 1 aromatic carbocycles. The van der Waals surface area contributed by atoms with Crippen LogP contribution in [0, 0.1) is 0 Å². The highest BCUT2D eigenvalue weighted by molar-refractivity contribution is 6.30. The van der Waals surface area contributed by atoms with Gasteiger partial charge in [-0.15, -0.1) is 0 Å². The van der Waals surface area contributed by atoms with Crippen molar-refractivity contribution in [2.75, 3.05) is 13.1 Å². The molecule has 1 aliphatic rings. The second-order valence-corrected chi connectivity index (χ2v) is 10.4. The molecule has 0 atom stereocenters. The smallest absolute Gasteiger partial charge is 0.410 e. The van der Waals surface area contributed by atoms with E-state index < -0.39 is 5.60 Å². The average Bonchev–Trinajstić information content (AvgIpc) is 3.26. The second kappa shape index (κ2) is 10.3. The van der Waals surface area contributed by atoms with Gasteiger partial charge in [0.05, 0.1) is 11.4 Å². The van der Waals surface area contributed by atoms with Crippen molar-refractivity contribution in [3.8, 4) is 11.3 Å². The van der Waals surface area contributed by atoms with E-state index in [1.54, 1.807) is 21.6 Å². The molecule has 186 valence electrons. The molecular weight excluding hydrogens is 464 g/mol. The fourth-order valence-corrected chi connectivity index (χ4v) is 4.38. The Morgan fingerprint density at radius 3 is 2.54 bits per heavy atom. The highest BCUT2D eigenvalue weighted by Gasteiger charge is 2.25. The number of unbranched alkanes of at least 4 members (excludes halogenated alkanes) is 2. The van der Waals surface area contributed by atoms with E-state index in [0.717, 1.165) is 48.3 Å². The van der Waals surface area contributed by atoms with Gasteiger partial charge in [-0.3, -0.25) is 9.20 Å². The van der Waals surface area contributed by atoms with Gasteiger partial charge < -0.3 is 14.2 Å². The lowest BCUT2D eigenvalue weighted by molar-refractivity contribution is 0.0270. The number of fused-ring (bicyclic) bond motifs is 1. The number of ether oxygens (including phenoxy) is 1. The number of amides is 1. The van der Waals surface area contributed by atoms with Crippen LogP contribution in [0.3, 0.4) is 0 Å². The lowest BCUT2D eigenvalue weighted by Crippen LogP contribution is -2.39. The molecule has 1 amide bonds. The molecule has 0 saturated heterocycles. The van der Waals surface area contributed by atoms with E-state index in [9.17, 15) is 9.59 Å². The van der Waals surface area contributed by atoms with E-state index in [-0.39, 0.29) is 11.7 Å². The summed E-state index contributed by atoms with van der Waals surface area (Å²) in [6, 6.07) is 9.16. The Bertz CT molecular complexity index is 1300. The average molecular weight is 497 g/mol. The van der Waals surface area contributed by atoms with E-state index in [1.165, 1.54) is 0 Å². The molecule has 8 heteroatoms. The van der Waals surface area contributed by atoms with Crippen molar-refractivity contribution in [3.05, 3.63) is 63.7 Å². The van der Waals surface area contributed by atoms with Crippen LogP contribution in [-0.4, -0.2) is 43.6 Å². The Kier molecular flexibility index (Phi) is 7.36. The van der Waals surface area contributed by atoms with Crippen LogP contribution < -0.4 is 5.56 Å². The third-order valence-corrected chi connectivity index (χ3v) is 6.28. The molecule has 3 heterocycles. The lowest BCUT2D eigenvalue weighted by Gasteiger charge is -2.30. The summed E-state index contributed by atoms with van der Waals surface area (Å²) >= 11 is 6.05. The van der Waals surface area contributed by atoms with Crippen LogP contribution in [0.25, 0.3) is 22.6 Å². The maximum absolute atomic E-state index is 13.1. The Hall–Kier alpha value is -3.06. The fraction of sp³-hybridized carbons (Fsp3) is 0.444. The highest BCUT2D eigenvalue weighted by Crippen LogP contribution is 2.26. The minimum Gasteiger partial charge on any atom is -0.444 e. The molecule has 35 heavy (non-hydrogen) atoms. The molecule has 2 aromatic heterocycles. The molecule has 7 nitrogen and oxygen atoms in total. The summed E-state index contributed by atoms with van der Waals surface area (Å²) in [5.74, 6) is 0.629. The largest absolute Gasteiger partial charge is 0.444 e. The van der Waals surface area contributed by atoms with Gasteiger partial charge in [0, 0.05) is 42.5 Å². The Morgan fingerprint density at radius 2 is 1.91 bits per heavy atom. The Labute approximate surface area is 211 Å². The van der Waals surface area contributed by atoms with E-state index in [2.05, 4.69) is 11.5 Å². The Balaban J connectivity index is 1.71. The number of aryl methyl sites for hydroxylation is 1. The van der Waals surface area contributed by atoms with Gasteiger partial charge >= 0.3 is 6.09 Å². The van der Waals surface area contributed by atoms with Crippen molar-refractivity contribution in [2.45, 2.75) is 65.5 Å². The van der Waals surface area contributed by atoms with Gasteiger partial charge in [0.25, 0.3) is 5.56 Å². The summed E-state index contributed by atoms with van der Waals surface area (Å²) < 4.78 is 9.28. The van der Waals surface area contributed by atoms with Crippen molar-refractivity contribution < 1.29 is 9.53 Å². The van der Waals surface area contributed by atoms with Gasteiger partial charge in [0.1, 0.15) is 5.60 Å². The van der Waals surface area contributed by atoms with Crippen LogP contribution in [-0.2, 0) is 11.3 Å². The van der Waals surface area contributed by atoms with Crippen molar-refractivity contribution >= 4 is 29.0 Å². The first-order valence-corrected chi connectivity index (χ1v) is 12.6. The predicted octanol–water partition coefficient (Wildman–Crippen LogP) is 6.03. The molecule has 0 radical (unpaired) electrons. The number of nitrogens with zero attached hydrogens (tertiary/aromatic N) is 4. The van der Waals surface area contributed by atoms with Crippen LogP contribution in [0.5, 0.6) is 0 Å². The molecule has 0 bridgehead atoms. The first-order valence-electron chi connectivity index (χ1n) is 12.2. The number of carbonyl (C=O) groups excluding carboxylic acids is 1. The summed E-state index contributed by atoms with van der Waals surface area (Å²) in [5, 5.41) is 0.656. The molecule has 0 unspecified atom stereocenters. The van der Waals surface area contributed by atoms with E-state index in [0.29, 0.717) is 30.3 Å². The van der Waals surface area contributed by atoms with Crippen LogP contribution in [0.1, 0.15) is 59.1 Å². The monoisotopic (exact) mass is 496 g/mol. The van der Waals surface area contributed by atoms with Crippen LogP contribution in [0.4, 0.5) is 4.79 Å². The topological polar surface area (TPSA) is 68.8 Å². The zero-order valence-electron chi connectivity index (χ0n) is 20.9. The van der Waals surface area contributed by atoms with Gasteiger partial charge in [-0.25, -0.2) is 9.78 Å². The normalized spacial score (nSPS) is 14.3. The van der Waals surface area contributed by atoms with Crippen molar-refractivity contribution in [2.24, 2.45) is 0 Å². The van der Waals surface area contributed by atoms with Crippen molar-refractivity contribution in [1.29, 1.82) is 0 Å². The first-order chi connectivity index (χ1) is 16.7. The quantitative estimate of drug-likeness (QED) is 0.390. The number of aromatic nitrogens is 3. The molecular formula is C27H33ClN4O3. The van der Waals surface area contributed by atoms with Gasteiger partial charge in [-0.05, 0) is 51.3 Å². The van der Waals surface area contributed by atoms with Crippen molar-refractivity contribution in [3.63, 3.8) is 0 Å². The van der Waals surface area contributed by atoms with E-state index in [1.807, 2.05) is 51.1 Å². The van der Waals surface area contributed by atoms with Crippen LogP contribution in [0.2, 0.25) is 5.02 Å².